The summed E-state index contributed by atoms with van der Waals surface area (Å²) in [6, 6.07) is 1.38. The first-order chi connectivity index (χ1) is 9.13. The van der Waals surface area contributed by atoms with Crippen LogP contribution in [-0.4, -0.2) is 36.6 Å². The number of nitrogens with one attached hydrogen (secondary N) is 1. The lowest BCUT2D eigenvalue weighted by Gasteiger charge is -2.33. The molecule has 1 N–H and O–H groups in total. The van der Waals surface area contributed by atoms with E-state index in [9.17, 15) is 0 Å². The number of hydrogen-bond acceptors (Lipinski definition) is 2. The van der Waals surface area contributed by atoms with E-state index in [0.717, 1.165) is 11.8 Å². The second kappa shape index (κ2) is 7.64. The minimum absolute atomic E-state index is 0.688. The predicted molar refractivity (Wildman–Crippen MR) is 83.5 cm³/mol. The van der Waals surface area contributed by atoms with Gasteiger partial charge in [0.1, 0.15) is 0 Å². The minimum Gasteiger partial charge on any atom is -0.312 e. The summed E-state index contributed by atoms with van der Waals surface area (Å²) in [4.78, 5) is 2.73. The molecule has 0 aromatic rings. The van der Waals surface area contributed by atoms with Crippen molar-refractivity contribution >= 4 is 0 Å². The Hall–Kier alpha value is -0.0800. The summed E-state index contributed by atoms with van der Waals surface area (Å²) < 4.78 is 0. The Bertz CT molecular complexity index is 242. The van der Waals surface area contributed by atoms with Crippen molar-refractivity contribution in [1.29, 1.82) is 0 Å². The van der Waals surface area contributed by atoms with Crippen LogP contribution in [0.15, 0.2) is 0 Å². The number of hydrogen-bond donors (Lipinski definition) is 1. The highest BCUT2D eigenvalue weighted by molar-refractivity contribution is 4.77. The fourth-order valence-corrected chi connectivity index (χ4v) is 3.93. The molecule has 4 atom stereocenters. The zero-order valence-corrected chi connectivity index (χ0v) is 13.3. The molecular weight excluding hydrogens is 232 g/mol. The average Bonchev–Trinajstić information content (AvgIpc) is 2.36. The summed E-state index contributed by atoms with van der Waals surface area (Å²) in [5.41, 5.74) is 0. The molecule has 1 aliphatic heterocycles. The van der Waals surface area contributed by atoms with Gasteiger partial charge in [-0.15, -0.1) is 0 Å². The predicted octanol–water partition coefficient (Wildman–Crippen LogP) is 3.67. The summed E-state index contributed by atoms with van der Waals surface area (Å²) >= 11 is 0. The van der Waals surface area contributed by atoms with Crippen molar-refractivity contribution in [2.45, 2.75) is 77.8 Å². The molecule has 1 saturated heterocycles. The van der Waals surface area contributed by atoms with Crippen molar-refractivity contribution in [2.24, 2.45) is 11.8 Å². The smallest absolute Gasteiger partial charge is 0.00533 e. The maximum atomic E-state index is 3.69. The fraction of sp³-hybridized carbons (Fsp3) is 1.00. The molecule has 4 unspecified atom stereocenters. The molecule has 0 amide bonds. The van der Waals surface area contributed by atoms with Crippen molar-refractivity contribution in [1.82, 2.24) is 10.2 Å². The Morgan fingerprint density at radius 2 is 1.63 bits per heavy atom. The Kier molecular flexibility index (Phi) is 6.15. The van der Waals surface area contributed by atoms with E-state index in [0.29, 0.717) is 12.1 Å². The summed E-state index contributed by atoms with van der Waals surface area (Å²) in [5, 5.41) is 3.69. The number of rotatable bonds is 3. The lowest BCUT2D eigenvalue weighted by molar-refractivity contribution is 0.186. The van der Waals surface area contributed by atoms with E-state index in [4.69, 9.17) is 0 Å². The summed E-state index contributed by atoms with van der Waals surface area (Å²) in [5.74, 6) is 2.00. The molecule has 1 saturated carbocycles. The monoisotopic (exact) mass is 266 g/mol. The van der Waals surface area contributed by atoms with Gasteiger partial charge in [-0.3, -0.25) is 0 Å². The van der Waals surface area contributed by atoms with E-state index >= 15 is 0 Å². The average molecular weight is 266 g/mol. The molecule has 19 heavy (non-hydrogen) atoms. The normalized spacial score (nSPS) is 38.7. The first kappa shape index (κ1) is 15.3. The molecule has 0 spiro atoms. The Morgan fingerprint density at radius 1 is 0.947 bits per heavy atom. The van der Waals surface area contributed by atoms with Gasteiger partial charge >= 0.3 is 0 Å². The Labute approximate surface area is 120 Å². The Balaban J connectivity index is 1.71. The number of nitrogens with zero attached hydrogens (tertiary/aromatic N) is 1. The molecule has 2 aliphatic rings. The van der Waals surface area contributed by atoms with E-state index in [2.05, 4.69) is 31.0 Å². The van der Waals surface area contributed by atoms with Crippen molar-refractivity contribution in [3.63, 3.8) is 0 Å². The second-order valence-electron chi connectivity index (χ2n) is 7.31. The standard InChI is InChI=1S/C17H34N2/c1-14-5-4-6-17(13-14)9-12-19-10-7-15(2)18-16(3)8-11-19/h14-18H,4-13H2,1-3H3. The largest absolute Gasteiger partial charge is 0.312 e. The SMILES string of the molecule is CC1CCCC(CCN2CCC(C)NC(C)CC2)C1. The van der Waals surface area contributed by atoms with Gasteiger partial charge in [0.05, 0.1) is 0 Å². The molecule has 2 nitrogen and oxygen atoms in total. The lowest BCUT2D eigenvalue weighted by atomic mass is 9.81. The highest BCUT2D eigenvalue weighted by Gasteiger charge is 2.21. The Morgan fingerprint density at radius 3 is 2.26 bits per heavy atom. The molecule has 0 radical (unpaired) electrons. The van der Waals surface area contributed by atoms with Crippen LogP contribution in [0.1, 0.15) is 65.7 Å². The maximum absolute atomic E-state index is 3.69. The van der Waals surface area contributed by atoms with Gasteiger partial charge < -0.3 is 10.2 Å². The van der Waals surface area contributed by atoms with E-state index in [1.807, 2.05) is 0 Å². The molecule has 1 aliphatic carbocycles. The van der Waals surface area contributed by atoms with E-state index < -0.39 is 0 Å². The van der Waals surface area contributed by atoms with Crippen molar-refractivity contribution < 1.29 is 0 Å². The summed E-state index contributed by atoms with van der Waals surface area (Å²) in [7, 11) is 0. The van der Waals surface area contributed by atoms with Crippen LogP contribution < -0.4 is 5.32 Å². The van der Waals surface area contributed by atoms with Gasteiger partial charge in [0, 0.05) is 12.1 Å². The van der Waals surface area contributed by atoms with E-state index in [-0.39, 0.29) is 0 Å². The lowest BCUT2D eigenvalue weighted by Crippen LogP contribution is -2.43. The molecule has 0 aromatic heterocycles. The van der Waals surface area contributed by atoms with Gasteiger partial charge in [-0.1, -0.05) is 26.2 Å². The van der Waals surface area contributed by atoms with Crippen LogP contribution in [0, 0.1) is 11.8 Å². The topological polar surface area (TPSA) is 15.3 Å². The van der Waals surface area contributed by atoms with Crippen molar-refractivity contribution in [3.8, 4) is 0 Å². The fourth-order valence-electron chi connectivity index (χ4n) is 3.93. The highest BCUT2D eigenvalue weighted by Crippen LogP contribution is 2.30. The van der Waals surface area contributed by atoms with Crippen molar-refractivity contribution in [2.75, 3.05) is 19.6 Å². The highest BCUT2D eigenvalue weighted by atomic mass is 15.1. The molecule has 0 aromatic carbocycles. The van der Waals surface area contributed by atoms with Gasteiger partial charge in [-0.25, -0.2) is 0 Å². The van der Waals surface area contributed by atoms with Crippen LogP contribution in [0.2, 0.25) is 0 Å². The van der Waals surface area contributed by atoms with Gasteiger partial charge in [-0.05, 0) is 71.0 Å². The van der Waals surface area contributed by atoms with Crippen LogP contribution in [0.4, 0.5) is 0 Å². The van der Waals surface area contributed by atoms with Crippen LogP contribution in [0.5, 0.6) is 0 Å². The van der Waals surface area contributed by atoms with Gasteiger partial charge in [0.15, 0.2) is 0 Å². The zero-order valence-electron chi connectivity index (χ0n) is 13.3. The van der Waals surface area contributed by atoms with E-state index in [1.165, 1.54) is 64.6 Å². The molecular formula is C17H34N2. The van der Waals surface area contributed by atoms with Gasteiger partial charge in [-0.2, -0.15) is 0 Å². The van der Waals surface area contributed by atoms with Crippen LogP contribution in [0.3, 0.4) is 0 Å². The molecule has 2 fully saturated rings. The van der Waals surface area contributed by atoms with Crippen LogP contribution >= 0.6 is 0 Å². The molecule has 2 rings (SSSR count). The first-order valence-electron chi connectivity index (χ1n) is 8.62. The summed E-state index contributed by atoms with van der Waals surface area (Å²) in [6.07, 6.45) is 10.00. The molecule has 2 heteroatoms. The first-order valence-corrected chi connectivity index (χ1v) is 8.62. The van der Waals surface area contributed by atoms with E-state index in [1.54, 1.807) is 0 Å². The minimum atomic E-state index is 0.688. The van der Waals surface area contributed by atoms with Gasteiger partial charge in [0.25, 0.3) is 0 Å². The maximum Gasteiger partial charge on any atom is 0.00533 e. The zero-order chi connectivity index (χ0) is 13.7. The third-order valence-corrected chi connectivity index (χ3v) is 5.22. The molecule has 112 valence electrons. The third kappa shape index (κ3) is 5.43. The van der Waals surface area contributed by atoms with Gasteiger partial charge in [0.2, 0.25) is 0 Å². The van der Waals surface area contributed by atoms with Crippen LogP contribution in [-0.2, 0) is 0 Å². The molecule has 0 bridgehead atoms. The quantitative estimate of drug-likeness (QED) is 0.838. The third-order valence-electron chi connectivity index (χ3n) is 5.22. The summed E-state index contributed by atoms with van der Waals surface area (Å²) in [6.45, 7) is 11.0. The second-order valence-corrected chi connectivity index (χ2v) is 7.31. The molecule has 1 heterocycles. The van der Waals surface area contributed by atoms with Crippen LogP contribution in [0.25, 0.3) is 0 Å². The van der Waals surface area contributed by atoms with Crippen molar-refractivity contribution in [3.05, 3.63) is 0 Å².